The average Bonchev–Trinajstić information content (AvgIpc) is 3.06. The number of anilines is 1. The van der Waals surface area contributed by atoms with Crippen molar-refractivity contribution < 1.29 is 0 Å². The molecule has 0 atom stereocenters. The smallest absolute Gasteiger partial charge is 0.0991 e. The zero-order valence-corrected chi connectivity index (χ0v) is 12.8. The lowest BCUT2D eigenvalue weighted by Gasteiger charge is -2.03. The van der Waals surface area contributed by atoms with Gasteiger partial charge in [0.2, 0.25) is 0 Å². The Morgan fingerprint density at radius 3 is 2.68 bits per heavy atom. The molecular weight excluding hydrogens is 296 g/mol. The Hall–Kier alpha value is -2.59. The van der Waals surface area contributed by atoms with E-state index < -0.39 is 0 Å². The van der Waals surface area contributed by atoms with Crippen LogP contribution in [0.25, 0.3) is 5.69 Å². The van der Waals surface area contributed by atoms with Crippen molar-refractivity contribution in [2.24, 2.45) is 5.10 Å². The lowest BCUT2D eigenvalue weighted by Crippen LogP contribution is -1.93. The molecule has 22 heavy (non-hydrogen) atoms. The van der Waals surface area contributed by atoms with E-state index >= 15 is 0 Å². The van der Waals surface area contributed by atoms with Gasteiger partial charge in [-0.05, 0) is 42.3 Å². The topological polar surface area (TPSA) is 42.2 Å². The fourth-order valence-electron chi connectivity index (χ4n) is 1.99. The number of hydrazone groups is 1. The second-order valence-corrected chi connectivity index (χ2v) is 5.30. The predicted molar refractivity (Wildman–Crippen MR) is 91.0 cm³/mol. The molecule has 110 valence electrons. The number of imidazole rings is 1. The zero-order chi connectivity index (χ0) is 15.4. The zero-order valence-electron chi connectivity index (χ0n) is 12.1. The molecule has 5 heteroatoms. The highest BCUT2D eigenvalue weighted by atomic mass is 35.5. The third-order valence-electron chi connectivity index (χ3n) is 3.27. The third-order valence-corrected chi connectivity index (χ3v) is 3.68. The van der Waals surface area contributed by atoms with Crippen LogP contribution in [0.4, 0.5) is 5.69 Å². The van der Waals surface area contributed by atoms with Gasteiger partial charge in [0.1, 0.15) is 0 Å². The second kappa shape index (κ2) is 6.45. The van der Waals surface area contributed by atoms with Crippen LogP contribution >= 0.6 is 11.6 Å². The first kappa shape index (κ1) is 14.4. The van der Waals surface area contributed by atoms with Crippen molar-refractivity contribution in [1.82, 2.24) is 9.55 Å². The number of rotatable bonds is 4. The van der Waals surface area contributed by atoms with E-state index in [1.165, 1.54) is 0 Å². The van der Waals surface area contributed by atoms with Gasteiger partial charge in [-0.15, -0.1) is 0 Å². The highest BCUT2D eigenvalue weighted by Crippen LogP contribution is 2.19. The molecule has 1 heterocycles. The molecule has 0 aliphatic carbocycles. The molecule has 0 aliphatic rings. The first-order chi connectivity index (χ1) is 10.7. The van der Waals surface area contributed by atoms with Crippen LogP contribution in [0.2, 0.25) is 5.02 Å². The van der Waals surface area contributed by atoms with Crippen molar-refractivity contribution in [2.45, 2.75) is 6.92 Å². The van der Waals surface area contributed by atoms with Crippen LogP contribution in [0.1, 0.15) is 11.1 Å². The highest BCUT2D eigenvalue weighted by molar-refractivity contribution is 6.31. The van der Waals surface area contributed by atoms with E-state index in [1.54, 1.807) is 18.7 Å². The molecule has 0 bridgehead atoms. The summed E-state index contributed by atoms with van der Waals surface area (Å²) in [6.45, 7) is 1.97. The number of aromatic nitrogens is 2. The minimum Gasteiger partial charge on any atom is -0.306 e. The van der Waals surface area contributed by atoms with Gasteiger partial charge in [0.15, 0.2) is 0 Å². The number of nitrogens with zero attached hydrogens (tertiary/aromatic N) is 3. The minimum atomic E-state index is 0.727. The fraction of sp³-hybridized carbons (Fsp3) is 0.0588. The van der Waals surface area contributed by atoms with Crippen LogP contribution in [0.3, 0.4) is 0 Å². The summed E-state index contributed by atoms with van der Waals surface area (Å²) >= 11 is 6.08. The van der Waals surface area contributed by atoms with Crippen molar-refractivity contribution in [3.8, 4) is 5.69 Å². The summed E-state index contributed by atoms with van der Waals surface area (Å²) in [4.78, 5) is 4.03. The van der Waals surface area contributed by atoms with Crippen LogP contribution in [0, 0.1) is 6.92 Å². The Kier molecular flexibility index (Phi) is 4.21. The SMILES string of the molecule is Cc1ccc(N/N=C\c2ccc(-n3ccnc3)cc2)cc1Cl. The first-order valence-corrected chi connectivity index (χ1v) is 7.24. The lowest BCUT2D eigenvalue weighted by molar-refractivity contribution is 1.06. The molecule has 3 aromatic rings. The number of nitrogens with one attached hydrogen (secondary N) is 1. The van der Waals surface area contributed by atoms with Crippen LogP contribution < -0.4 is 5.43 Å². The Labute approximate surface area is 134 Å². The summed E-state index contributed by atoms with van der Waals surface area (Å²) in [6, 6.07) is 13.8. The van der Waals surface area contributed by atoms with Gasteiger partial charge in [0.25, 0.3) is 0 Å². The largest absolute Gasteiger partial charge is 0.306 e. The molecule has 0 fully saturated rings. The van der Waals surface area contributed by atoms with E-state index in [4.69, 9.17) is 11.6 Å². The van der Waals surface area contributed by atoms with E-state index in [1.807, 2.05) is 60.2 Å². The molecule has 0 aliphatic heterocycles. The number of halogens is 1. The molecule has 1 aromatic heterocycles. The van der Waals surface area contributed by atoms with Gasteiger partial charge in [0, 0.05) is 23.1 Å². The standard InChI is InChI=1S/C17H15ClN4/c1-13-2-5-15(10-17(13)18)21-20-11-14-3-6-16(7-4-14)22-9-8-19-12-22/h2-12,21H,1H3/b20-11-. The summed E-state index contributed by atoms with van der Waals surface area (Å²) in [5.41, 5.74) is 6.96. The van der Waals surface area contributed by atoms with Crippen LogP contribution in [0.15, 0.2) is 66.3 Å². The number of hydrogen-bond donors (Lipinski definition) is 1. The van der Waals surface area contributed by atoms with Crippen LogP contribution in [-0.2, 0) is 0 Å². The van der Waals surface area contributed by atoms with Crippen molar-refractivity contribution in [2.75, 3.05) is 5.43 Å². The van der Waals surface area contributed by atoms with Crippen molar-refractivity contribution >= 4 is 23.5 Å². The van der Waals surface area contributed by atoms with E-state index in [0.717, 1.165) is 27.5 Å². The monoisotopic (exact) mass is 310 g/mol. The van der Waals surface area contributed by atoms with Crippen LogP contribution in [-0.4, -0.2) is 15.8 Å². The maximum atomic E-state index is 6.08. The summed E-state index contributed by atoms with van der Waals surface area (Å²) in [6.07, 6.45) is 7.20. The fourth-order valence-corrected chi connectivity index (χ4v) is 2.17. The predicted octanol–water partition coefficient (Wildman–Crippen LogP) is 4.28. The normalized spacial score (nSPS) is 11.0. The maximum absolute atomic E-state index is 6.08. The molecule has 2 aromatic carbocycles. The Bertz CT molecular complexity index is 777. The van der Waals surface area contributed by atoms with E-state index in [0.29, 0.717) is 0 Å². The lowest BCUT2D eigenvalue weighted by atomic mass is 10.2. The van der Waals surface area contributed by atoms with Crippen LogP contribution in [0.5, 0.6) is 0 Å². The van der Waals surface area contributed by atoms with Gasteiger partial charge in [-0.3, -0.25) is 5.43 Å². The molecule has 0 spiro atoms. The Morgan fingerprint density at radius 1 is 1.18 bits per heavy atom. The van der Waals surface area contributed by atoms with Crippen molar-refractivity contribution in [3.63, 3.8) is 0 Å². The van der Waals surface area contributed by atoms with Gasteiger partial charge in [0.05, 0.1) is 18.2 Å². The summed E-state index contributed by atoms with van der Waals surface area (Å²) < 4.78 is 1.95. The van der Waals surface area contributed by atoms with E-state index in [2.05, 4.69) is 15.5 Å². The number of aryl methyl sites for hydroxylation is 1. The van der Waals surface area contributed by atoms with Gasteiger partial charge in [-0.1, -0.05) is 29.8 Å². The van der Waals surface area contributed by atoms with Gasteiger partial charge >= 0.3 is 0 Å². The molecule has 0 saturated heterocycles. The minimum absolute atomic E-state index is 0.727. The van der Waals surface area contributed by atoms with Crippen molar-refractivity contribution in [3.05, 3.63) is 77.3 Å². The highest BCUT2D eigenvalue weighted by Gasteiger charge is 1.97. The van der Waals surface area contributed by atoms with Gasteiger partial charge in [-0.25, -0.2) is 4.98 Å². The average molecular weight is 311 g/mol. The molecule has 0 unspecified atom stereocenters. The Balaban J connectivity index is 1.66. The molecule has 0 radical (unpaired) electrons. The van der Waals surface area contributed by atoms with E-state index in [-0.39, 0.29) is 0 Å². The summed E-state index contributed by atoms with van der Waals surface area (Å²) in [5.74, 6) is 0. The second-order valence-electron chi connectivity index (χ2n) is 4.90. The van der Waals surface area contributed by atoms with Gasteiger partial charge < -0.3 is 4.57 Å². The third kappa shape index (κ3) is 3.35. The van der Waals surface area contributed by atoms with Crippen molar-refractivity contribution in [1.29, 1.82) is 0 Å². The van der Waals surface area contributed by atoms with E-state index in [9.17, 15) is 0 Å². The first-order valence-electron chi connectivity index (χ1n) is 6.86. The summed E-state index contributed by atoms with van der Waals surface area (Å²) in [5, 5.41) is 4.95. The molecule has 3 rings (SSSR count). The molecule has 0 saturated carbocycles. The number of hydrogen-bond acceptors (Lipinski definition) is 3. The molecule has 4 nitrogen and oxygen atoms in total. The van der Waals surface area contributed by atoms with Gasteiger partial charge in [-0.2, -0.15) is 5.10 Å². The molecular formula is C17H15ClN4. The number of benzene rings is 2. The summed E-state index contributed by atoms with van der Waals surface area (Å²) in [7, 11) is 0. The quantitative estimate of drug-likeness (QED) is 0.577. The maximum Gasteiger partial charge on any atom is 0.0991 e. The molecule has 0 amide bonds. The Morgan fingerprint density at radius 2 is 2.00 bits per heavy atom. The molecule has 1 N–H and O–H groups in total.